The van der Waals surface area contributed by atoms with Gasteiger partial charge in [-0.3, -0.25) is 14.2 Å². The monoisotopic (exact) mass is 311 g/mol. The Balaban J connectivity index is 1.82. The molecule has 0 saturated heterocycles. The Morgan fingerprint density at radius 2 is 2.04 bits per heavy atom. The topological polar surface area (TPSA) is 68.3 Å². The van der Waals surface area contributed by atoms with Crippen molar-refractivity contribution in [1.29, 1.82) is 0 Å². The number of benzene rings is 1. The smallest absolute Gasteiger partial charge is 0.269 e. The number of para-hydroxylation sites is 2. The third-order valence-corrected chi connectivity index (χ3v) is 3.66. The predicted octanol–water partition coefficient (Wildman–Crippen LogP) is 1.96. The van der Waals surface area contributed by atoms with Gasteiger partial charge in [0.25, 0.3) is 5.56 Å². The van der Waals surface area contributed by atoms with Crippen molar-refractivity contribution in [2.75, 3.05) is 7.05 Å². The van der Waals surface area contributed by atoms with Gasteiger partial charge in [-0.2, -0.15) is 0 Å². The first kappa shape index (κ1) is 15.0. The van der Waals surface area contributed by atoms with E-state index in [1.165, 1.54) is 10.8 Å². The van der Waals surface area contributed by atoms with E-state index in [-0.39, 0.29) is 18.0 Å². The molecule has 0 saturated carbocycles. The molecule has 2 heterocycles. The average molecular weight is 311 g/mol. The Morgan fingerprint density at radius 3 is 2.78 bits per heavy atom. The van der Waals surface area contributed by atoms with Crippen molar-refractivity contribution in [1.82, 2.24) is 14.5 Å². The highest BCUT2D eigenvalue weighted by atomic mass is 16.3. The van der Waals surface area contributed by atoms with Crippen LogP contribution in [0, 0.1) is 6.92 Å². The summed E-state index contributed by atoms with van der Waals surface area (Å²) in [6.07, 6.45) is 1.24. The van der Waals surface area contributed by atoms with E-state index in [9.17, 15) is 9.59 Å². The molecular weight excluding hydrogens is 294 g/mol. The SMILES string of the molecule is Cc1ccc(CN(C)C(=O)Cn2c(=O)cnc3ccccc32)o1. The number of likely N-dealkylation sites (N-methyl/N-ethyl adjacent to an activating group) is 1. The zero-order valence-corrected chi connectivity index (χ0v) is 13.0. The number of amides is 1. The second-order valence-electron chi connectivity index (χ2n) is 5.43. The van der Waals surface area contributed by atoms with Crippen molar-refractivity contribution < 1.29 is 9.21 Å². The Labute approximate surface area is 133 Å². The number of rotatable bonds is 4. The summed E-state index contributed by atoms with van der Waals surface area (Å²) in [5.74, 6) is 1.35. The first-order valence-corrected chi connectivity index (χ1v) is 7.28. The van der Waals surface area contributed by atoms with Crippen LogP contribution in [0.2, 0.25) is 0 Å². The van der Waals surface area contributed by atoms with Crippen LogP contribution in [0.3, 0.4) is 0 Å². The van der Waals surface area contributed by atoms with Gasteiger partial charge >= 0.3 is 0 Å². The van der Waals surface area contributed by atoms with Crippen molar-refractivity contribution in [2.24, 2.45) is 0 Å². The summed E-state index contributed by atoms with van der Waals surface area (Å²) >= 11 is 0. The highest BCUT2D eigenvalue weighted by Crippen LogP contribution is 2.11. The van der Waals surface area contributed by atoms with Crippen molar-refractivity contribution in [3.63, 3.8) is 0 Å². The van der Waals surface area contributed by atoms with Crippen molar-refractivity contribution in [2.45, 2.75) is 20.0 Å². The van der Waals surface area contributed by atoms with Crippen LogP contribution in [0.25, 0.3) is 11.0 Å². The predicted molar refractivity (Wildman–Crippen MR) is 85.9 cm³/mol. The van der Waals surface area contributed by atoms with Crippen LogP contribution in [0.1, 0.15) is 11.5 Å². The van der Waals surface area contributed by atoms with Gasteiger partial charge in [-0.1, -0.05) is 12.1 Å². The number of carbonyl (C=O) groups excluding carboxylic acids is 1. The minimum atomic E-state index is -0.292. The van der Waals surface area contributed by atoms with E-state index >= 15 is 0 Å². The van der Waals surface area contributed by atoms with Gasteiger partial charge in [0.1, 0.15) is 18.1 Å². The molecule has 0 fully saturated rings. The van der Waals surface area contributed by atoms with Crippen molar-refractivity contribution >= 4 is 16.9 Å². The number of carbonyl (C=O) groups is 1. The van der Waals surface area contributed by atoms with E-state index in [1.54, 1.807) is 18.0 Å². The van der Waals surface area contributed by atoms with Crippen LogP contribution in [0.5, 0.6) is 0 Å². The van der Waals surface area contributed by atoms with E-state index in [0.717, 1.165) is 5.76 Å². The largest absolute Gasteiger partial charge is 0.464 e. The van der Waals surface area contributed by atoms with Crippen LogP contribution in [-0.4, -0.2) is 27.4 Å². The Bertz CT molecular complexity index is 911. The molecule has 23 heavy (non-hydrogen) atoms. The molecule has 0 aliphatic heterocycles. The Hall–Kier alpha value is -2.89. The number of aryl methyl sites for hydroxylation is 1. The van der Waals surface area contributed by atoms with E-state index < -0.39 is 0 Å². The summed E-state index contributed by atoms with van der Waals surface area (Å²) in [5, 5.41) is 0. The standard InChI is InChI=1S/C17H17N3O3/c1-12-7-8-13(23-12)10-19(2)17(22)11-20-15-6-4-3-5-14(15)18-9-16(20)21/h3-9H,10-11H2,1-2H3. The minimum Gasteiger partial charge on any atom is -0.464 e. The number of furan rings is 1. The van der Waals surface area contributed by atoms with Gasteiger partial charge in [0.05, 0.1) is 23.8 Å². The van der Waals surface area contributed by atoms with Gasteiger partial charge in [0, 0.05) is 7.05 Å². The van der Waals surface area contributed by atoms with Crippen LogP contribution >= 0.6 is 0 Å². The van der Waals surface area contributed by atoms with Crippen LogP contribution in [0.15, 0.2) is 51.8 Å². The molecule has 0 N–H and O–H groups in total. The summed E-state index contributed by atoms with van der Waals surface area (Å²) in [6, 6.07) is 11.0. The molecular formula is C17H17N3O3. The maximum atomic E-state index is 12.4. The first-order valence-electron chi connectivity index (χ1n) is 7.28. The maximum Gasteiger partial charge on any atom is 0.269 e. The molecule has 1 amide bonds. The zero-order valence-electron chi connectivity index (χ0n) is 13.0. The lowest BCUT2D eigenvalue weighted by Gasteiger charge is -2.17. The zero-order chi connectivity index (χ0) is 16.4. The fourth-order valence-electron chi connectivity index (χ4n) is 2.43. The Kier molecular flexibility index (Phi) is 3.97. The van der Waals surface area contributed by atoms with E-state index in [1.807, 2.05) is 37.3 Å². The van der Waals surface area contributed by atoms with Crippen molar-refractivity contribution in [3.8, 4) is 0 Å². The fraction of sp³-hybridized carbons (Fsp3) is 0.235. The molecule has 6 heteroatoms. The molecule has 2 aromatic heterocycles. The summed E-state index contributed by atoms with van der Waals surface area (Å²) in [7, 11) is 1.69. The van der Waals surface area contributed by atoms with Gasteiger partial charge in [-0.25, -0.2) is 4.98 Å². The van der Waals surface area contributed by atoms with E-state index in [4.69, 9.17) is 4.42 Å². The molecule has 3 aromatic rings. The number of nitrogens with zero attached hydrogens (tertiary/aromatic N) is 3. The summed E-state index contributed by atoms with van der Waals surface area (Å²) in [5.41, 5.74) is 1.04. The second-order valence-corrected chi connectivity index (χ2v) is 5.43. The number of fused-ring (bicyclic) bond motifs is 1. The third kappa shape index (κ3) is 3.15. The number of hydrogen-bond donors (Lipinski definition) is 0. The normalized spacial score (nSPS) is 10.9. The van der Waals surface area contributed by atoms with Gasteiger partial charge in [0.2, 0.25) is 5.91 Å². The molecule has 6 nitrogen and oxygen atoms in total. The van der Waals surface area contributed by atoms with Crippen LogP contribution in [0.4, 0.5) is 0 Å². The van der Waals surface area contributed by atoms with Gasteiger partial charge in [-0.15, -0.1) is 0 Å². The third-order valence-electron chi connectivity index (χ3n) is 3.66. The lowest BCUT2D eigenvalue weighted by atomic mass is 10.3. The van der Waals surface area contributed by atoms with Gasteiger partial charge in [0.15, 0.2) is 0 Å². The molecule has 0 unspecified atom stereocenters. The van der Waals surface area contributed by atoms with Crippen LogP contribution in [-0.2, 0) is 17.9 Å². The molecule has 0 aliphatic rings. The highest BCUT2D eigenvalue weighted by Gasteiger charge is 2.14. The Morgan fingerprint density at radius 1 is 1.26 bits per heavy atom. The lowest BCUT2D eigenvalue weighted by molar-refractivity contribution is -0.131. The minimum absolute atomic E-state index is 0.0297. The molecule has 0 atom stereocenters. The highest BCUT2D eigenvalue weighted by molar-refractivity contribution is 5.79. The summed E-state index contributed by atoms with van der Waals surface area (Å²) in [4.78, 5) is 30.1. The molecule has 118 valence electrons. The first-order chi connectivity index (χ1) is 11.0. The quantitative estimate of drug-likeness (QED) is 0.738. The number of hydrogen-bond acceptors (Lipinski definition) is 4. The lowest BCUT2D eigenvalue weighted by Crippen LogP contribution is -2.33. The maximum absolute atomic E-state index is 12.4. The molecule has 0 bridgehead atoms. The molecule has 0 spiro atoms. The number of aromatic nitrogens is 2. The van der Waals surface area contributed by atoms with Crippen molar-refractivity contribution in [3.05, 3.63) is 64.5 Å². The van der Waals surface area contributed by atoms with Gasteiger partial charge < -0.3 is 9.32 Å². The molecule has 1 aromatic carbocycles. The second kappa shape index (κ2) is 6.08. The van der Waals surface area contributed by atoms with Crippen LogP contribution < -0.4 is 5.56 Å². The average Bonchev–Trinajstić information content (AvgIpc) is 2.95. The van der Waals surface area contributed by atoms with E-state index in [2.05, 4.69) is 4.98 Å². The fourth-order valence-corrected chi connectivity index (χ4v) is 2.43. The van der Waals surface area contributed by atoms with E-state index in [0.29, 0.717) is 23.3 Å². The summed E-state index contributed by atoms with van der Waals surface area (Å²) in [6.45, 7) is 2.19. The molecule has 0 radical (unpaired) electrons. The molecule has 3 rings (SSSR count). The van der Waals surface area contributed by atoms with Gasteiger partial charge in [-0.05, 0) is 31.2 Å². The molecule has 0 aliphatic carbocycles. The summed E-state index contributed by atoms with van der Waals surface area (Å²) < 4.78 is 6.92.